The van der Waals surface area contributed by atoms with E-state index in [1.807, 2.05) is 48.2 Å². The minimum Gasteiger partial charge on any atom is -0.300 e. The molecule has 32 heavy (non-hydrogen) atoms. The molecule has 0 radical (unpaired) electrons. The van der Waals surface area contributed by atoms with Crippen LogP contribution < -0.4 is 4.72 Å². The Balaban J connectivity index is 1.64. The summed E-state index contributed by atoms with van der Waals surface area (Å²) in [5.41, 5.74) is 5.48. The lowest BCUT2D eigenvalue weighted by Gasteiger charge is -2.11. The second kappa shape index (κ2) is 7.57. The Kier molecular flexibility index (Phi) is 4.71. The maximum Gasteiger partial charge on any atom is 0.229 e. The zero-order valence-electron chi connectivity index (χ0n) is 17.3. The quantitative estimate of drug-likeness (QED) is 0.445. The summed E-state index contributed by atoms with van der Waals surface area (Å²) in [7, 11) is -1.58. The third-order valence-corrected chi connectivity index (χ3v) is 5.51. The second-order valence-electron chi connectivity index (χ2n) is 7.44. The number of pyridine rings is 1. The van der Waals surface area contributed by atoms with Crippen LogP contribution in [0.1, 0.15) is 0 Å². The third-order valence-electron chi connectivity index (χ3n) is 4.91. The summed E-state index contributed by atoms with van der Waals surface area (Å²) >= 11 is 0. The first-order valence-electron chi connectivity index (χ1n) is 9.72. The molecule has 0 aliphatic carbocycles. The molecule has 4 aromatic heterocycles. The number of nitrogens with one attached hydrogen (secondary N) is 1. The molecule has 0 unspecified atom stereocenters. The normalized spacial score (nSPS) is 11.7. The molecule has 0 atom stereocenters. The molecule has 1 aromatic carbocycles. The van der Waals surface area contributed by atoms with Crippen molar-refractivity contribution in [1.82, 2.24) is 29.1 Å². The number of nitrogens with zero attached hydrogens (tertiary/aromatic N) is 6. The van der Waals surface area contributed by atoms with Gasteiger partial charge in [0.1, 0.15) is 5.65 Å². The fourth-order valence-electron chi connectivity index (χ4n) is 3.57. The van der Waals surface area contributed by atoms with Crippen LogP contribution in [0, 0.1) is 0 Å². The Morgan fingerprint density at radius 2 is 1.69 bits per heavy atom. The van der Waals surface area contributed by atoms with Gasteiger partial charge in [0, 0.05) is 54.2 Å². The van der Waals surface area contributed by atoms with E-state index >= 15 is 0 Å². The average molecular weight is 446 g/mol. The molecule has 4 heterocycles. The standard InChI is InChI=1S/C22H19N7O2S/c1-28-14-18(12-26-28)15-4-7-29-20(13-25-21(29)11-15)16-8-17(22-23-5-3-6-24-22)10-19(9-16)27-32(2,30)31/h3-14,27H,1-2H3. The van der Waals surface area contributed by atoms with E-state index in [0.717, 1.165) is 34.3 Å². The van der Waals surface area contributed by atoms with Crippen molar-refractivity contribution >= 4 is 21.4 Å². The molecule has 9 nitrogen and oxygen atoms in total. The summed E-state index contributed by atoms with van der Waals surface area (Å²) in [6, 6.07) is 11.1. The summed E-state index contributed by atoms with van der Waals surface area (Å²) in [4.78, 5) is 13.2. The van der Waals surface area contributed by atoms with E-state index in [1.165, 1.54) is 0 Å². The number of fused-ring (bicyclic) bond motifs is 1. The van der Waals surface area contributed by atoms with Crippen molar-refractivity contribution in [2.75, 3.05) is 11.0 Å². The lowest BCUT2D eigenvalue weighted by atomic mass is 10.1. The van der Waals surface area contributed by atoms with E-state index in [4.69, 9.17) is 0 Å². The van der Waals surface area contributed by atoms with Gasteiger partial charge in [0.25, 0.3) is 0 Å². The first-order valence-corrected chi connectivity index (χ1v) is 11.6. The van der Waals surface area contributed by atoms with Gasteiger partial charge in [-0.3, -0.25) is 13.8 Å². The highest BCUT2D eigenvalue weighted by molar-refractivity contribution is 7.92. The van der Waals surface area contributed by atoms with Crippen molar-refractivity contribution in [2.24, 2.45) is 7.05 Å². The van der Waals surface area contributed by atoms with Crippen LogP contribution in [-0.4, -0.2) is 43.8 Å². The number of hydrogen-bond acceptors (Lipinski definition) is 6. The fourth-order valence-corrected chi connectivity index (χ4v) is 4.12. The molecule has 0 aliphatic heterocycles. The molecule has 0 spiro atoms. The molecule has 0 bridgehead atoms. The first-order chi connectivity index (χ1) is 15.4. The van der Waals surface area contributed by atoms with Crippen LogP contribution in [0.25, 0.3) is 39.4 Å². The van der Waals surface area contributed by atoms with E-state index < -0.39 is 10.0 Å². The lowest BCUT2D eigenvalue weighted by Crippen LogP contribution is -2.09. The molecular formula is C22H19N7O2S. The molecule has 1 N–H and O–H groups in total. The topological polar surface area (TPSA) is 107 Å². The number of rotatable bonds is 5. The van der Waals surface area contributed by atoms with Gasteiger partial charge in [0.2, 0.25) is 10.0 Å². The molecule has 0 amide bonds. The highest BCUT2D eigenvalue weighted by atomic mass is 32.2. The Morgan fingerprint density at radius 3 is 2.41 bits per heavy atom. The van der Waals surface area contributed by atoms with E-state index in [0.29, 0.717) is 17.1 Å². The van der Waals surface area contributed by atoms with Crippen molar-refractivity contribution in [3.63, 3.8) is 0 Å². The lowest BCUT2D eigenvalue weighted by molar-refractivity contribution is 0.607. The van der Waals surface area contributed by atoms with Crippen molar-refractivity contribution in [3.05, 3.63) is 73.6 Å². The Bertz CT molecular complexity index is 1540. The maximum atomic E-state index is 11.9. The van der Waals surface area contributed by atoms with Gasteiger partial charge in [0.05, 0.1) is 24.3 Å². The number of aromatic nitrogens is 6. The molecule has 10 heteroatoms. The molecule has 160 valence electrons. The van der Waals surface area contributed by atoms with Gasteiger partial charge < -0.3 is 0 Å². The molecule has 5 aromatic rings. The smallest absolute Gasteiger partial charge is 0.229 e. The van der Waals surface area contributed by atoms with E-state index in [9.17, 15) is 8.42 Å². The van der Waals surface area contributed by atoms with Gasteiger partial charge in [-0.15, -0.1) is 0 Å². The molecule has 0 saturated heterocycles. The second-order valence-corrected chi connectivity index (χ2v) is 9.18. The zero-order valence-corrected chi connectivity index (χ0v) is 18.2. The van der Waals surface area contributed by atoms with Crippen LogP contribution in [0.3, 0.4) is 0 Å². The summed E-state index contributed by atoms with van der Waals surface area (Å²) < 4.78 is 30.0. The highest BCUT2D eigenvalue weighted by Gasteiger charge is 2.13. The molecule has 0 aliphatic rings. The molecular weight excluding hydrogens is 426 g/mol. The number of anilines is 1. The van der Waals surface area contributed by atoms with Gasteiger partial charge in [0.15, 0.2) is 5.82 Å². The number of sulfonamides is 1. The van der Waals surface area contributed by atoms with E-state index in [-0.39, 0.29) is 0 Å². The third kappa shape index (κ3) is 3.95. The summed E-state index contributed by atoms with van der Waals surface area (Å²) in [5, 5.41) is 4.22. The van der Waals surface area contributed by atoms with Gasteiger partial charge in [-0.2, -0.15) is 5.10 Å². The molecule has 0 fully saturated rings. The van der Waals surface area contributed by atoms with Crippen molar-refractivity contribution in [3.8, 4) is 33.8 Å². The zero-order chi connectivity index (χ0) is 22.3. The molecule has 5 rings (SSSR count). The van der Waals surface area contributed by atoms with Crippen LogP contribution in [0.15, 0.2) is 73.6 Å². The predicted octanol–water partition coefficient (Wildman–Crippen LogP) is 3.23. The Hall–Kier alpha value is -4.05. The van der Waals surface area contributed by atoms with E-state index in [2.05, 4.69) is 24.8 Å². The van der Waals surface area contributed by atoms with Crippen LogP contribution in [-0.2, 0) is 17.1 Å². The molecule has 0 saturated carbocycles. The van der Waals surface area contributed by atoms with Gasteiger partial charge in [-0.05, 0) is 42.0 Å². The predicted molar refractivity (Wildman–Crippen MR) is 122 cm³/mol. The monoisotopic (exact) mass is 445 g/mol. The highest BCUT2D eigenvalue weighted by Crippen LogP contribution is 2.31. The van der Waals surface area contributed by atoms with Crippen LogP contribution >= 0.6 is 0 Å². The fraction of sp³-hybridized carbons (Fsp3) is 0.0909. The van der Waals surface area contributed by atoms with E-state index in [1.54, 1.807) is 41.5 Å². The van der Waals surface area contributed by atoms with Crippen LogP contribution in [0.5, 0.6) is 0 Å². The number of hydrogen-bond donors (Lipinski definition) is 1. The number of aryl methyl sites for hydroxylation is 1. The first kappa shape index (κ1) is 19.9. The van der Waals surface area contributed by atoms with Crippen molar-refractivity contribution in [1.29, 1.82) is 0 Å². The number of imidazole rings is 1. The average Bonchev–Trinajstić information content (AvgIpc) is 3.38. The van der Waals surface area contributed by atoms with Crippen molar-refractivity contribution in [2.45, 2.75) is 0 Å². The summed E-state index contributed by atoms with van der Waals surface area (Å²) in [6.45, 7) is 0. The number of benzene rings is 1. The van der Waals surface area contributed by atoms with Gasteiger partial charge in [-0.1, -0.05) is 0 Å². The minimum absolute atomic E-state index is 0.425. The SMILES string of the molecule is Cn1cc(-c2ccn3c(-c4cc(NS(C)(=O)=O)cc(-c5ncccn5)c4)cnc3c2)cn1. The minimum atomic E-state index is -3.46. The van der Waals surface area contributed by atoms with Crippen molar-refractivity contribution < 1.29 is 8.42 Å². The largest absolute Gasteiger partial charge is 0.300 e. The van der Waals surface area contributed by atoms with Gasteiger partial charge >= 0.3 is 0 Å². The van der Waals surface area contributed by atoms with Crippen LogP contribution in [0.4, 0.5) is 5.69 Å². The summed E-state index contributed by atoms with van der Waals surface area (Å²) in [6.07, 6.45) is 11.9. The summed E-state index contributed by atoms with van der Waals surface area (Å²) in [5.74, 6) is 0.499. The van der Waals surface area contributed by atoms with Crippen LogP contribution in [0.2, 0.25) is 0 Å². The van der Waals surface area contributed by atoms with Gasteiger partial charge in [-0.25, -0.2) is 23.4 Å². The maximum absolute atomic E-state index is 11.9. The Labute approximate surface area is 184 Å². The Morgan fingerprint density at radius 1 is 0.906 bits per heavy atom.